The van der Waals surface area contributed by atoms with Gasteiger partial charge in [0.15, 0.2) is 0 Å². The summed E-state index contributed by atoms with van der Waals surface area (Å²) in [6.45, 7) is 0.244. The third kappa shape index (κ3) is 3.42. The maximum absolute atomic E-state index is 11.0. The van der Waals surface area contributed by atoms with E-state index in [9.17, 15) is 10.1 Å². The first-order valence-corrected chi connectivity index (χ1v) is 7.14. The van der Waals surface area contributed by atoms with E-state index >= 15 is 0 Å². The van der Waals surface area contributed by atoms with Crippen molar-refractivity contribution < 1.29 is 4.92 Å². The molecule has 1 N–H and O–H groups in total. The highest BCUT2D eigenvalue weighted by atomic mass is 79.9. The zero-order valence-corrected chi connectivity index (χ0v) is 13.2. The number of nitro benzene ring substituents is 1. The van der Waals surface area contributed by atoms with Crippen LogP contribution in [0.1, 0.15) is 5.56 Å². The molecule has 0 unspecified atom stereocenters. The van der Waals surface area contributed by atoms with E-state index in [1.165, 1.54) is 6.07 Å². The highest BCUT2D eigenvalue weighted by molar-refractivity contribution is 9.10. The van der Waals surface area contributed by atoms with Crippen molar-refractivity contribution in [3.05, 3.63) is 66.6 Å². The Morgan fingerprint density at radius 2 is 1.95 bits per heavy atom. The Kier molecular flexibility index (Phi) is 4.86. The van der Waals surface area contributed by atoms with Gasteiger partial charge in [-0.1, -0.05) is 29.3 Å². The van der Waals surface area contributed by atoms with E-state index in [1.807, 2.05) is 6.07 Å². The minimum atomic E-state index is -0.447. The molecule has 20 heavy (non-hydrogen) atoms. The molecule has 0 aliphatic heterocycles. The fraction of sp³-hybridized carbons (Fsp3) is 0.0769. The predicted octanol–water partition coefficient (Wildman–Crippen LogP) is 5.28. The van der Waals surface area contributed by atoms with Crippen LogP contribution in [0.2, 0.25) is 10.0 Å². The van der Waals surface area contributed by atoms with E-state index in [2.05, 4.69) is 21.2 Å². The second kappa shape index (κ2) is 6.43. The third-order valence-corrected chi connectivity index (χ3v) is 4.27. The van der Waals surface area contributed by atoms with Gasteiger partial charge in [-0.05, 0) is 40.2 Å². The second-order valence-electron chi connectivity index (χ2n) is 3.98. The number of anilines is 1. The number of nitrogens with one attached hydrogen (secondary N) is 1. The maximum atomic E-state index is 11.0. The summed E-state index contributed by atoms with van der Waals surface area (Å²) in [6, 6.07) is 9.96. The highest BCUT2D eigenvalue weighted by Crippen LogP contribution is 2.29. The lowest BCUT2D eigenvalue weighted by Gasteiger charge is -2.09. The summed E-state index contributed by atoms with van der Waals surface area (Å²) in [7, 11) is 0. The molecule has 0 spiro atoms. The Morgan fingerprint density at radius 3 is 2.60 bits per heavy atom. The van der Waals surface area contributed by atoms with Crippen molar-refractivity contribution in [1.82, 2.24) is 0 Å². The number of nitrogens with zero attached hydrogens (tertiary/aromatic N) is 1. The molecule has 0 saturated carbocycles. The number of nitro groups is 1. The molecule has 0 aromatic heterocycles. The van der Waals surface area contributed by atoms with Crippen LogP contribution in [0.15, 0.2) is 40.9 Å². The van der Waals surface area contributed by atoms with Crippen molar-refractivity contribution in [2.24, 2.45) is 0 Å². The maximum Gasteiger partial charge on any atom is 0.275 e. The summed E-state index contributed by atoms with van der Waals surface area (Å²) in [4.78, 5) is 10.5. The lowest BCUT2D eigenvalue weighted by molar-refractivity contribution is -0.385. The van der Waals surface area contributed by atoms with Gasteiger partial charge in [0.25, 0.3) is 5.69 Å². The fourth-order valence-electron chi connectivity index (χ4n) is 1.69. The Labute approximate surface area is 134 Å². The fourth-order valence-corrected chi connectivity index (χ4v) is 2.35. The number of benzene rings is 2. The molecule has 7 heteroatoms. The van der Waals surface area contributed by atoms with Crippen molar-refractivity contribution in [3.63, 3.8) is 0 Å². The minimum Gasteiger partial charge on any atom is -0.381 e. The molecule has 0 fully saturated rings. The smallest absolute Gasteiger partial charge is 0.275 e. The molecule has 2 aromatic rings. The topological polar surface area (TPSA) is 55.2 Å². The van der Waals surface area contributed by atoms with E-state index in [1.54, 1.807) is 24.3 Å². The van der Waals surface area contributed by atoms with Gasteiger partial charge in [-0.25, -0.2) is 0 Å². The third-order valence-electron chi connectivity index (χ3n) is 2.68. The molecule has 4 nitrogen and oxygen atoms in total. The van der Waals surface area contributed by atoms with Crippen molar-refractivity contribution in [3.8, 4) is 0 Å². The molecule has 0 heterocycles. The number of hydrogen-bond acceptors (Lipinski definition) is 3. The zero-order chi connectivity index (χ0) is 14.7. The van der Waals surface area contributed by atoms with Crippen molar-refractivity contribution in [2.75, 3.05) is 5.32 Å². The van der Waals surface area contributed by atoms with E-state index in [4.69, 9.17) is 23.2 Å². The van der Waals surface area contributed by atoms with E-state index in [0.717, 1.165) is 10.2 Å². The molecule has 0 aliphatic carbocycles. The van der Waals surface area contributed by atoms with Gasteiger partial charge in [-0.3, -0.25) is 10.1 Å². The Hall–Kier alpha value is -1.30. The normalized spacial score (nSPS) is 10.3. The van der Waals surface area contributed by atoms with Crippen molar-refractivity contribution in [2.45, 2.75) is 6.54 Å². The second-order valence-corrected chi connectivity index (χ2v) is 5.65. The van der Waals surface area contributed by atoms with Crippen molar-refractivity contribution in [1.29, 1.82) is 0 Å². The van der Waals surface area contributed by atoms with Gasteiger partial charge in [-0.15, -0.1) is 0 Å². The molecule has 0 saturated heterocycles. The molecule has 0 bridgehead atoms. The molecule has 2 aromatic carbocycles. The predicted molar refractivity (Wildman–Crippen MR) is 84.6 cm³/mol. The van der Waals surface area contributed by atoms with Crippen LogP contribution in [0.25, 0.3) is 0 Å². The average molecular weight is 376 g/mol. The SMILES string of the molecule is O=[N+]([O-])c1cccc(Cl)c1CNc1ccc(Br)c(Cl)c1. The first-order valence-electron chi connectivity index (χ1n) is 5.59. The highest BCUT2D eigenvalue weighted by Gasteiger charge is 2.16. The first-order chi connectivity index (χ1) is 9.49. The molecular formula is C13H9BrCl2N2O2. The van der Waals surface area contributed by atoms with E-state index < -0.39 is 4.92 Å². The molecule has 2 rings (SSSR count). The zero-order valence-electron chi connectivity index (χ0n) is 10.1. The summed E-state index contributed by atoms with van der Waals surface area (Å²) in [5.41, 5.74) is 1.19. The standard InChI is InChI=1S/C13H9BrCl2N2O2/c14-10-5-4-8(6-12(10)16)17-7-9-11(15)2-1-3-13(9)18(19)20/h1-6,17H,7H2. The van der Waals surface area contributed by atoms with Crippen LogP contribution in [-0.4, -0.2) is 4.92 Å². The van der Waals surface area contributed by atoms with E-state index in [-0.39, 0.29) is 12.2 Å². The van der Waals surface area contributed by atoms with Crippen molar-refractivity contribution >= 4 is 50.5 Å². The van der Waals surface area contributed by atoms with Gasteiger partial charge < -0.3 is 5.32 Å². The largest absolute Gasteiger partial charge is 0.381 e. The summed E-state index contributed by atoms with van der Waals surface area (Å²) >= 11 is 15.3. The van der Waals surface area contributed by atoms with Gasteiger partial charge in [0, 0.05) is 22.8 Å². The molecule has 104 valence electrons. The van der Waals surface area contributed by atoms with Gasteiger partial charge in [-0.2, -0.15) is 0 Å². The van der Waals surface area contributed by atoms with Crippen LogP contribution < -0.4 is 5.32 Å². The molecule has 0 radical (unpaired) electrons. The Bertz CT molecular complexity index is 665. The molecule has 0 atom stereocenters. The van der Waals surface area contributed by atoms with Crippen LogP contribution >= 0.6 is 39.1 Å². The lowest BCUT2D eigenvalue weighted by atomic mass is 10.1. The number of halogens is 3. The quantitative estimate of drug-likeness (QED) is 0.584. The van der Waals surface area contributed by atoms with Gasteiger partial charge in [0.05, 0.1) is 20.5 Å². The van der Waals surface area contributed by atoms with Crippen LogP contribution in [0.5, 0.6) is 0 Å². The monoisotopic (exact) mass is 374 g/mol. The van der Waals surface area contributed by atoms with Gasteiger partial charge >= 0.3 is 0 Å². The molecule has 0 amide bonds. The summed E-state index contributed by atoms with van der Waals surface area (Å²) < 4.78 is 0.786. The average Bonchev–Trinajstić information content (AvgIpc) is 2.40. The summed E-state index contributed by atoms with van der Waals surface area (Å²) in [5, 5.41) is 15.0. The lowest BCUT2D eigenvalue weighted by Crippen LogP contribution is -2.04. The van der Waals surface area contributed by atoms with Gasteiger partial charge in [0.2, 0.25) is 0 Å². The van der Waals surface area contributed by atoms with Crippen LogP contribution in [0.3, 0.4) is 0 Å². The minimum absolute atomic E-state index is 0.00629. The first kappa shape index (κ1) is 15.1. The Morgan fingerprint density at radius 1 is 1.20 bits per heavy atom. The van der Waals surface area contributed by atoms with Crippen LogP contribution in [0, 0.1) is 10.1 Å². The van der Waals surface area contributed by atoms with E-state index in [0.29, 0.717) is 15.6 Å². The summed E-state index contributed by atoms with van der Waals surface area (Å²) in [5.74, 6) is 0. The summed E-state index contributed by atoms with van der Waals surface area (Å²) in [6.07, 6.45) is 0. The van der Waals surface area contributed by atoms with Crippen LogP contribution in [0.4, 0.5) is 11.4 Å². The van der Waals surface area contributed by atoms with Gasteiger partial charge in [0.1, 0.15) is 0 Å². The molecule has 0 aliphatic rings. The van der Waals surface area contributed by atoms with Crippen LogP contribution in [-0.2, 0) is 6.54 Å². The number of rotatable bonds is 4. The molecular weight excluding hydrogens is 367 g/mol. The Balaban J connectivity index is 2.22. The number of hydrogen-bond donors (Lipinski definition) is 1.